The van der Waals surface area contributed by atoms with Crippen LogP contribution in [0.2, 0.25) is 0 Å². The van der Waals surface area contributed by atoms with Crippen molar-refractivity contribution >= 4 is 15.7 Å². The van der Waals surface area contributed by atoms with Crippen LogP contribution in [0.5, 0.6) is 5.75 Å². The molecule has 2 N–H and O–H groups in total. The molecule has 1 heterocycles. The monoisotopic (exact) mass is 391 g/mol. The van der Waals surface area contributed by atoms with Crippen molar-refractivity contribution in [3.63, 3.8) is 0 Å². The second kappa shape index (κ2) is 9.36. The summed E-state index contributed by atoms with van der Waals surface area (Å²) >= 11 is 0. The van der Waals surface area contributed by atoms with Crippen molar-refractivity contribution in [3.05, 3.63) is 64.1 Å². The lowest BCUT2D eigenvalue weighted by atomic mass is 10.2. The van der Waals surface area contributed by atoms with Crippen molar-refractivity contribution in [1.29, 1.82) is 0 Å². The molecule has 1 aromatic heterocycles. The Balaban J connectivity index is 2.08. The number of hydrogen-bond donors (Lipinski definition) is 1. The molecule has 146 valence electrons. The van der Waals surface area contributed by atoms with Crippen LogP contribution in [-0.4, -0.2) is 44.0 Å². The quantitative estimate of drug-likeness (QED) is 0.396. The van der Waals surface area contributed by atoms with E-state index in [1.165, 1.54) is 12.3 Å². The molecule has 0 fully saturated rings. The van der Waals surface area contributed by atoms with Crippen LogP contribution >= 0.6 is 0 Å². The third-order valence-electron chi connectivity index (χ3n) is 3.79. The van der Waals surface area contributed by atoms with E-state index in [1.807, 2.05) is 25.1 Å². The average molecular weight is 391 g/mol. The third kappa shape index (κ3) is 6.90. The van der Waals surface area contributed by atoms with Crippen LogP contribution in [-0.2, 0) is 16.4 Å². The molecule has 0 aliphatic heterocycles. The van der Waals surface area contributed by atoms with Crippen LogP contribution in [0, 0.1) is 0 Å². The summed E-state index contributed by atoms with van der Waals surface area (Å²) in [6.07, 6.45) is 3.33. The number of hydrogen-bond acceptors (Lipinski definition) is 5. The standard InChI is InChI=1S/C19H25N3O4S/c1-3-21-19(20)16-8-9-18(23)22(14-16)13-15-6-4-7-17(12-15)26-10-5-11-27(2,24)25/h4,6-9,12,14H,3,5,10-11,13H2,1-2H3,(H2,20,21). The van der Waals surface area contributed by atoms with Crippen LogP contribution in [0.4, 0.5) is 0 Å². The SMILES string of the molecule is CCN=C(N)c1ccc(=O)n(Cc2cccc(OCCCS(C)(=O)=O)c2)c1. The topological polar surface area (TPSA) is 104 Å². The van der Waals surface area contributed by atoms with Gasteiger partial charge in [0, 0.05) is 30.6 Å². The molecule has 0 radical (unpaired) electrons. The number of nitrogens with zero attached hydrogens (tertiary/aromatic N) is 2. The van der Waals surface area contributed by atoms with Crippen molar-refractivity contribution in [2.24, 2.45) is 10.7 Å². The average Bonchev–Trinajstić information content (AvgIpc) is 2.60. The Labute approximate surface area is 159 Å². The molecule has 2 rings (SSSR count). The van der Waals surface area contributed by atoms with Gasteiger partial charge in [-0.3, -0.25) is 9.79 Å². The van der Waals surface area contributed by atoms with Gasteiger partial charge in [-0.05, 0) is 37.1 Å². The van der Waals surface area contributed by atoms with E-state index < -0.39 is 9.84 Å². The maximum Gasteiger partial charge on any atom is 0.250 e. The second-order valence-corrected chi connectivity index (χ2v) is 8.48. The number of pyridine rings is 1. The highest BCUT2D eigenvalue weighted by Crippen LogP contribution is 2.14. The van der Waals surface area contributed by atoms with E-state index in [1.54, 1.807) is 22.9 Å². The van der Waals surface area contributed by atoms with E-state index in [4.69, 9.17) is 10.5 Å². The van der Waals surface area contributed by atoms with Gasteiger partial charge in [-0.2, -0.15) is 0 Å². The molecule has 2 aromatic rings. The molecule has 0 atom stereocenters. The number of benzene rings is 1. The summed E-state index contributed by atoms with van der Waals surface area (Å²) < 4.78 is 29.5. The van der Waals surface area contributed by atoms with Gasteiger partial charge in [0.25, 0.3) is 5.56 Å². The first-order valence-corrected chi connectivity index (χ1v) is 10.7. The number of amidine groups is 1. The third-order valence-corrected chi connectivity index (χ3v) is 4.82. The minimum Gasteiger partial charge on any atom is -0.494 e. The lowest BCUT2D eigenvalue weighted by Gasteiger charge is -2.10. The van der Waals surface area contributed by atoms with Crippen LogP contribution in [0.1, 0.15) is 24.5 Å². The predicted molar refractivity (Wildman–Crippen MR) is 107 cm³/mol. The van der Waals surface area contributed by atoms with E-state index in [9.17, 15) is 13.2 Å². The van der Waals surface area contributed by atoms with E-state index in [0.717, 1.165) is 5.56 Å². The largest absolute Gasteiger partial charge is 0.494 e. The molecule has 7 nitrogen and oxygen atoms in total. The number of ether oxygens (including phenoxy) is 1. The van der Waals surface area contributed by atoms with E-state index in [0.29, 0.717) is 43.3 Å². The van der Waals surface area contributed by atoms with E-state index in [2.05, 4.69) is 4.99 Å². The molecular weight excluding hydrogens is 366 g/mol. The van der Waals surface area contributed by atoms with Gasteiger partial charge in [-0.25, -0.2) is 8.42 Å². The molecule has 0 unspecified atom stereocenters. The maximum atomic E-state index is 12.1. The van der Waals surface area contributed by atoms with Gasteiger partial charge >= 0.3 is 0 Å². The van der Waals surface area contributed by atoms with Gasteiger partial charge in [0.1, 0.15) is 21.4 Å². The fourth-order valence-corrected chi connectivity index (χ4v) is 3.15. The lowest BCUT2D eigenvalue weighted by Crippen LogP contribution is -2.23. The Morgan fingerprint density at radius 3 is 2.74 bits per heavy atom. The minimum atomic E-state index is -2.99. The smallest absolute Gasteiger partial charge is 0.250 e. The van der Waals surface area contributed by atoms with Gasteiger partial charge in [-0.15, -0.1) is 0 Å². The van der Waals surface area contributed by atoms with Crippen LogP contribution in [0.15, 0.2) is 52.4 Å². The summed E-state index contributed by atoms with van der Waals surface area (Å²) in [5.41, 5.74) is 7.36. The summed E-state index contributed by atoms with van der Waals surface area (Å²) in [7, 11) is -2.99. The molecule has 8 heteroatoms. The fraction of sp³-hybridized carbons (Fsp3) is 0.368. The normalized spacial score (nSPS) is 12.1. The van der Waals surface area contributed by atoms with Crippen molar-refractivity contribution in [3.8, 4) is 5.75 Å². The van der Waals surface area contributed by atoms with Crippen LogP contribution < -0.4 is 16.0 Å². The fourth-order valence-electron chi connectivity index (χ4n) is 2.51. The number of rotatable bonds is 9. The zero-order chi connectivity index (χ0) is 19.9. The van der Waals surface area contributed by atoms with Gasteiger partial charge < -0.3 is 15.0 Å². The first kappa shape index (κ1) is 20.7. The van der Waals surface area contributed by atoms with Crippen molar-refractivity contribution < 1.29 is 13.2 Å². The number of aliphatic imine (C=N–C) groups is 1. The molecular formula is C19H25N3O4S. The Bertz CT molecular complexity index is 965. The molecule has 0 saturated carbocycles. The van der Waals surface area contributed by atoms with Crippen LogP contribution in [0.25, 0.3) is 0 Å². The van der Waals surface area contributed by atoms with Gasteiger partial charge in [0.15, 0.2) is 0 Å². The van der Waals surface area contributed by atoms with Crippen LogP contribution in [0.3, 0.4) is 0 Å². The molecule has 0 bridgehead atoms. The number of sulfone groups is 1. The summed E-state index contributed by atoms with van der Waals surface area (Å²) in [4.78, 5) is 16.3. The molecule has 27 heavy (non-hydrogen) atoms. The molecule has 0 saturated heterocycles. The number of aromatic nitrogens is 1. The Morgan fingerprint density at radius 2 is 2.04 bits per heavy atom. The first-order chi connectivity index (χ1) is 12.8. The predicted octanol–water partition coefficient (Wildman–Crippen LogP) is 1.44. The van der Waals surface area contributed by atoms with Gasteiger partial charge in [0.2, 0.25) is 0 Å². The summed E-state index contributed by atoms with van der Waals surface area (Å²) in [6, 6.07) is 10.5. The highest BCUT2D eigenvalue weighted by atomic mass is 32.2. The molecule has 0 aliphatic rings. The molecule has 0 aliphatic carbocycles. The van der Waals surface area contributed by atoms with E-state index in [-0.39, 0.29) is 11.3 Å². The number of nitrogens with two attached hydrogens (primary N) is 1. The maximum absolute atomic E-state index is 12.1. The Kier molecular flexibility index (Phi) is 7.18. The van der Waals surface area contributed by atoms with Crippen molar-refractivity contribution in [1.82, 2.24) is 4.57 Å². The second-order valence-electron chi connectivity index (χ2n) is 6.22. The molecule has 1 aromatic carbocycles. The first-order valence-electron chi connectivity index (χ1n) is 8.69. The van der Waals surface area contributed by atoms with Gasteiger partial charge in [0.05, 0.1) is 18.9 Å². The lowest BCUT2D eigenvalue weighted by molar-refractivity contribution is 0.317. The summed E-state index contributed by atoms with van der Waals surface area (Å²) in [5, 5.41) is 0. The molecule has 0 amide bonds. The summed E-state index contributed by atoms with van der Waals surface area (Å²) in [6.45, 7) is 3.15. The Morgan fingerprint density at radius 1 is 1.26 bits per heavy atom. The summed E-state index contributed by atoms with van der Waals surface area (Å²) in [5.74, 6) is 1.13. The zero-order valence-corrected chi connectivity index (χ0v) is 16.4. The van der Waals surface area contributed by atoms with Gasteiger partial charge in [-0.1, -0.05) is 12.1 Å². The minimum absolute atomic E-state index is 0.0929. The highest BCUT2D eigenvalue weighted by Gasteiger charge is 2.05. The molecule has 0 spiro atoms. The zero-order valence-electron chi connectivity index (χ0n) is 15.6. The van der Waals surface area contributed by atoms with Crippen molar-refractivity contribution in [2.45, 2.75) is 19.9 Å². The highest BCUT2D eigenvalue weighted by molar-refractivity contribution is 7.90. The Hall–Kier alpha value is -2.61. The van der Waals surface area contributed by atoms with E-state index >= 15 is 0 Å². The van der Waals surface area contributed by atoms with Crippen molar-refractivity contribution in [2.75, 3.05) is 25.2 Å².